The van der Waals surface area contributed by atoms with Gasteiger partial charge in [0, 0.05) is 30.4 Å². The van der Waals surface area contributed by atoms with E-state index in [1.54, 1.807) is 42.4 Å². The van der Waals surface area contributed by atoms with Crippen LogP contribution in [0.4, 0.5) is 50.4 Å². The van der Waals surface area contributed by atoms with Crippen LogP contribution in [-0.2, 0) is 19.5 Å². The first-order valence-corrected chi connectivity index (χ1v) is 21.6. The van der Waals surface area contributed by atoms with Gasteiger partial charge in [-0.15, -0.1) is 0 Å². The fourth-order valence-corrected chi connectivity index (χ4v) is 5.49. The molecule has 0 radical (unpaired) electrons. The average molecular weight is 1010 g/mol. The molecular weight excluding hydrogens is 980 g/mol. The summed E-state index contributed by atoms with van der Waals surface area (Å²) in [5.74, 6) is 0.793. The molecule has 0 unspecified atom stereocenters. The molecule has 0 aliphatic rings. The van der Waals surface area contributed by atoms with Crippen molar-refractivity contribution in [2.24, 2.45) is 0 Å². The van der Waals surface area contributed by atoms with Gasteiger partial charge in [-0.05, 0) is 113 Å². The third-order valence-electron chi connectivity index (χ3n) is 7.02. The van der Waals surface area contributed by atoms with E-state index in [0.717, 1.165) is 62.4 Å². The minimum Gasteiger partial charge on any atom is -0.464 e. The molecule has 23 heteroatoms. The van der Waals surface area contributed by atoms with Gasteiger partial charge in [0.25, 0.3) is 0 Å². The van der Waals surface area contributed by atoms with Crippen LogP contribution in [0.1, 0.15) is 0 Å². The SMILES string of the molecule is F[P-](F)(F)(F)(F)F.F[P-](F)(F)(F)(F)F.[Ru+2].c1ccc(-c2cc(-c3ccco3)cc(-c3ccccn3)n2)nc1.c1ccc(-c2cc(-c3ccsc3)cc(-c3ccccn3)n2)nc1. The van der Waals surface area contributed by atoms with Gasteiger partial charge in [-0.1, -0.05) is 24.3 Å². The van der Waals surface area contributed by atoms with Crippen LogP contribution in [0, 0.1) is 0 Å². The van der Waals surface area contributed by atoms with E-state index in [-0.39, 0.29) is 19.5 Å². The molecule has 0 aliphatic carbocycles. The second-order valence-electron chi connectivity index (χ2n) is 12.0. The van der Waals surface area contributed by atoms with Crippen molar-refractivity contribution in [3.05, 3.63) is 157 Å². The monoisotopic (exact) mass is 1010 g/mol. The van der Waals surface area contributed by atoms with E-state index in [1.165, 1.54) is 5.56 Å². The van der Waals surface area contributed by atoms with Crippen molar-refractivity contribution in [1.29, 1.82) is 0 Å². The molecule has 61 heavy (non-hydrogen) atoms. The Morgan fingerprint density at radius 2 is 0.738 bits per heavy atom. The third-order valence-corrected chi connectivity index (χ3v) is 7.70. The Bertz CT molecular complexity index is 2300. The van der Waals surface area contributed by atoms with Crippen LogP contribution in [0.2, 0.25) is 0 Å². The van der Waals surface area contributed by atoms with Crippen molar-refractivity contribution < 1.29 is 74.3 Å². The Hall–Kier alpha value is -5.48. The van der Waals surface area contributed by atoms with E-state index in [1.807, 2.05) is 97.1 Å². The minimum absolute atomic E-state index is 0. The summed E-state index contributed by atoms with van der Waals surface area (Å²) >= 11 is 1.69. The number of hydrogen-bond acceptors (Lipinski definition) is 8. The molecule has 322 valence electrons. The summed E-state index contributed by atoms with van der Waals surface area (Å²) in [5, 5.41) is 4.22. The van der Waals surface area contributed by atoms with E-state index in [0.29, 0.717) is 0 Å². The molecule has 0 fully saturated rings. The topological polar surface area (TPSA) is 90.5 Å². The predicted molar refractivity (Wildman–Crippen MR) is 210 cm³/mol. The summed E-state index contributed by atoms with van der Waals surface area (Å²) < 4.78 is 124. The van der Waals surface area contributed by atoms with Crippen molar-refractivity contribution >= 4 is 27.0 Å². The molecule has 0 atom stereocenters. The van der Waals surface area contributed by atoms with Gasteiger partial charge in [0.15, 0.2) is 0 Å². The second kappa shape index (κ2) is 17.5. The Morgan fingerprint density at radius 3 is 1.00 bits per heavy atom. The van der Waals surface area contributed by atoms with Gasteiger partial charge in [0.2, 0.25) is 0 Å². The van der Waals surface area contributed by atoms with Crippen LogP contribution in [-0.4, -0.2) is 29.9 Å². The Kier molecular flexibility index (Phi) is 13.8. The Balaban J connectivity index is 0.000000204. The molecule has 0 N–H and O–H groups in total. The molecule has 8 aromatic heterocycles. The molecule has 8 rings (SSSR count). The fourth-order valence-electron chi connectivity index (χ4n) is 4.82. The smallest absolute Gasteiger partial charge is 0.464 e. The first-order chi connectivity index (χ1) is 27.7. The normalized spacial score (nSPS) is 13.3. The van der Waals surface area contributed by atoms with Crippen LogP contribution in [0.5, 0.6) is 0 Å². The van der Waals surface area contributed by atoms with Crippen molar-refractivity contribution in [3.8, 4) is 68.0 Å². The van der Waals surface area contributed by atoms with Crippen LogP contribution >= 0.6 is 27.0 Å². The number of aromatic nitrogens is 6. The maximum atomic E-state index is 9.87. The molecule has 7 nitrogen and oxygen atoms in total. The Labute approximate surface area is 354 Å². The quantitative estimate of drug-likeness (QED) is 0.0931. The summed E-state index contributed by atoms with van der Waals surface area (Å²) in [5.41, 5.74) is 9.92. The van der Waals surface area contributed by atoms with Gasteiger partial charge >= 0.3 is 85.5 Å². The molecule has 0 saturated heterocycles. The summed E-state index contributed by atoms with van der Waals surface area (Å²) in [4.78, 5) is 27.1. The number of halogens is 12. The van der Waals surface area contributed by atoms with Gasteiger partial charge in [-0.3, -0.25) is 19.9 Å². The second-order valence-corrected chi connectivity index (χ2v) is 16.6. The van der Waals surface area contributed by atoms with Crippen molar-refractivity contribution in [2.75, 3.05) is 0 Å². The van der Waals surface area contributed by atoms with Crippen molar-refractivity contribution in [1.82, 2.24) is 29.9 Å². The molecule has 0 amide bonds. The first kappa shape index (κ1) is 48.2. The van der Waals surface area contributed by atoms with Crippen molar-refractivity contribution in [3.63, 3.8) is 0 Å². The average Bonchev–Trinajstić information content (AvgIpc) is 3.93. The maximum absolute atomic E-state index is 10.7. The zero-order valence-corrected chi connectivity index (χ0v) is 34.6. The molecule has 0 spiro atoms. The molecule has 0 saturated carbocycles. The van der Waals surface area contributed by atoms with Crippen LogP contribution in [0.3, 0.4) is 0 Å². The largest absolute Gasteiger partial charge is 2.00 e. The van der Waals surface area contributed by atoms with Crippen LogP contribution in [0.15, 0.2) is 161 Å². The molecule has 0 aliphatic heterocycles. The molecule has 0 aromatic carbocycles. The number of pyridine rings is 6. The van der Waals surface area contributed by atoms with Crippen LogP contribution < -0.4 is 0 Å². The van der Waals surface area contributed by atoms with E-state index < -0.39 is 15.6 Å². The van der Waals surface area contributed by atoms with Gasteiger partial charge in [-0.2, -0.15) is 11.3 Å². The minimum atomic E-state index is -10.7. The fraction of sp³-hybridized carbons (Fsp3) is 0. The van der Waals surface area contributed by atoms with Crippen LogP contribution in [0.25, 0.3) is 68.0 Å². The predicted octanol–water partition coefficient (Wildman–Crippen LogP) is 16.2. The third kappa shape index (κ3) is 19.2. The van der Waals surface area contributed by atoms with Gasteiger partial charge < -0.3 is 4.42 Å². The summed E-state index contributed by atoms with van der Waals surface area (Å²) in [6, 6.07) is 37.3. The van der Waals surface area contributed by atoms with Gasteiger partial charge in [-0.25, -0.2) is 9.97 Å². The number of furan rings is 1. The van der Waals surface area contributed by atoms with E-state index in [9.17, 15) is 50.4 Å². The number of rotatable bonds is 6. The van der Waals surface area contributed by atoms with Crippen molar-refractivity contribution in [2.45, 2.75) is 0 Å². The molecular formula is C38H26F12N6OP2RuS. The van der Waals surface area contributed by atoms with E-state index in [2.05, 4.69) is 48.9 Å². The first-order valence-electron chi connectivity index (χ1n) is 16.6. The summed E-state index contributed by atoms with van der Waals surface area (Å²) in [6.07, 6.45) is 8.76. The number of hydrogen-bond donors (Lipinski definition) is 0. The Morgan fingerprint density at radius 1 is 0.393 bits per heavy atom. The maximum Gasteiger partial charge on any atom is 2.00 e. The van der Waals surface area contributed by atoms with E-state index in [4.69, 9.17) is 14.4 Å². The van der Waals surface area contributed by atoms with Gasteiger partial charge in [0.05, 0.1) is 51.8 Å². The summed E-state index contributed by atoms with van der Waals surface area (Å²) in [7, 11) is -21.3. The molecule has 8 aromatic rings. The molecule has 8 heterocycles. The molecule has 0 bridgehead atoms. The zero-order chi connectivity index (χ0) is 43.8. The van der Waals surface area contributed by atoms with Gasteiger partial charge in [0.1, 0.15) is 5.76 Å². The van der Waals surface area contributed by atoms with E-state index >= 15 is 0 Å². The number of nitrogens with zero attached hydrogens (tertiary/aromatic N) is 6. The standard InChI is InChI=1S/C19H13N3O.C19H13N3S.2F6P.Ru/c1-3-9-20-15(6-1)17-12-14(19-8-5-11-23-19)13-18(22-17)16-7-2-4-10-21-16;1-3-8-20-16(5-1)18-11-15(14-7-10-23-13-14)12-19(22-18)17-6-2-4-9-21-17;2*1-7(2,3,4,5)6;/h2*1-13H;;;/q;;2*-1;+2. The summed E-state index contributed by atoms with van der Waals surface area (Å²) in [6.45, 7) is 0. The number of thiophene rings is 1. The zero-order valence-electron chi connectivity index (χ0n) is 30.3.